The summed E-state index contributed by atoms with van der Waals surface area (Å²) in [6.45, 7) is 6.80. The number of aliphatic carboxylic acids is 1. The van der Waals surface area contributed by atoms with Crippen molar-refractivity contribution in [2.75, 3.05) is 30.3 Å². The van der Waals surface area contributed by atoms with Crippen molar-refractivity contribution in [2.45, 2.75) is 90.1 Å². The van der Waals surface area contributed by atoms with E-state index in [-0.39, 0.29) is 53.5 Å². The number of alkyl halides is 3. The van der Waals surface area contributed by atoms with Crippen LogP contribution in [0.2, 0.25) is 0 Å². The normalized spacial score (nSPS) is 19.8. The number of nitrogens with zero attached hydrogens (tertiary/aromatic N) is 5. The highest BCUT2D eigenvalue weighted by molar-refractivity contribution is 5.74. The molecule has 48 heavy (non-hydrogen) atoms. The number of benzene rings is 1. The van der Waals surface area contributed by atoms with E-state index in [9.17, 15) is 27.9 Å². The monoisotopic (exact) mass is 673 g/mol. The van der Waals surface area contributed by atoms with Crippen molar-refractivity contribution < 1.29 is 37.3 Å². The molecule has 4 N–H and O–H groups in total. The summed E-state index contributed by atoms with van der Waals surface area (Å²) in [5.74, 6) is -1.43. The molecule has 1 aromatic carbocycles. The molecule has 1 spiro atoms. The predicted octanol–water partition coefficient (Wildman–Crippen LogP) is 4.93. The molecule has 3 atom stereocenters. The van der Waals surface area contributed by atoms with Gasteiger partial charge in [0, 0.05) is 43.4 Å². The Morgan fingerprint density at radius 1 is 1.17 bits per heavy atom. The highest BCUT2D eigenvalue weighted by Gasteiger charge is 2.50. The van der Waals surface area contributed by atoms with Gasteiger partial charge in [-0.05, 0) is 75.5 Å². The smallest absolute Gasteiger partial charge is 0.429 e. The second kappa shape index (κ2) is 14.4. The molecule has 15 heteroatoms. The van der Waals surface area contributed by atoms with Gasteiger partial charge in [-0.15, -0.1) is 0 Å². The Morgan fingerprint density at radius 2 is 1.92 bits per heavy atom. The maximum absolute atomic E-state index is 14.8. The van der Waals surface area contributed by atoms with Crippen LogP contribution in [0.15, 0.2) is 36.5 Å². The Hall–Kier alpha value is -4.40. The molecule has 2 fully saturated rings. The summed E-state index contributed by atoms with van der Waals surface area (Å²) in [6, 6.07) is 7.07. The quantitative estimate of drug-likeness (QED) is 0.224. The molecule has 3 aromatic rings. The summed E-state index contributed by atoms with van der Waals surface area (Å²) in [4.78, 5) is 33.7. The SMILES string of the molecule is CCOC(=O)CCCc1ccc([C@@H](Oc2cc(N3CCC4(CC3)CC(C(=O)O)NC4CC)nc(N)n2)C(F)(F)F)c(-n2ccc(C)n2)c1. The fourth-order valence-electron chi connectivity index (χ4n) is 6.93. The molecule has 0 aliphatic carbocycles. The van der Waals surface area contributed by atoms with Crippen molar-refractivity contribution in [2.24, 2.45) is 5.41 Å². The number of carbonyl (C=O) groups is 2. The van der Waals surface area contributed by atoms with E-state index in [1.54, 1.807) is 38.2 Å². The molecule has 4 heterocycles. The van der Waals surface area contributed by atoms with Gasteiger partial charge in [0.05, 0.1) is 18.0 Å². The van der Waals surface area contributed by atoms with Gasteiger partial charge in [-0.25, -0.2) is 4.68 Å². The fourth-order valence-corrected chi connectivity index (χ4v) is 6.93. The van der Waals surface area contributed by atoms with Crippen molar-refractivity contribution in [3.8, 4) is 11.6 Å². The molecule has 12 nitrogen and oxygen atoms in total. The zero-order chi connectivity index (χ0) is 34.6. The minimum atomic E-state index is -4.84. The van der Waals surface area contributed by atoms with Gasteiger partial charge < -0.3 is 30.5 Å². The summed E-state index contributed by atoms with van der Waals surface area (Å²) in [5.41, 5.74) is 7.15. The molecule has 2 aliphatic rings. The lowest BCUT2D eigenvalue weighted by molar-refractivity contribution is -0.198. The first-order chi connectivity index (χ1) is 22.8. The number of esters is 1. The number of nitrogen functional groups attached to an aromatic ring is 1. The van der Waals surface area contributed by atoms with Gasteiger partial charge in [0.1, 0.15) is 11.9 Å². The zero-order valence-electron chi connectivity index (χ0n) is 27.3. The summed E-state index contributed by atoms with van der Waals surface area (Å²) < 4.78 is 56.4. The minimum Gasteiger partial charge on any atom is -0.480 e. The van der Waals surface area contributed by atoms with Gasteiger partial charge in [-0.3, -0.25) is 9.59 Å². The molecule has 2 aromatic heterocycles. The van der Waals surface area contributed by atoms with Crippen molar-refractivity contribution in [3.63, 3.8) is 0 Å². The van der Waals surface area contributed by atoms with E-state index in [0.717, 1.165) is 12.0 Å². The predicted molar refractivity (Wildman–Crippen MR) is 171 cm³/mol. The van der Waals surface area contributed by atoms with E-state index in [2.05, 4.69) is 20.4 Å². The standard InChI is InChI=1S/C33H42F3N7O5/c1-4-25-32(19-23(38-25)30(45)46)12-15-42(16-13-32)26-18-27(40-31(37)39-26)48-29(33(34,35)36)22-10-9-21(7-6-8-28(44)47-5-2)17-24(22)43-14-11-20(3)41-43/h9-11,14,17-18,23,25,29,38H,4-8,12-13,15-16,19H2,1-3H3,(H,45,46)(H2,37,39,40)/t23?,25?,29-/m1/s1. The lowest BCUT2D eigenvalue weighted by atomic mass is 9.71. The third-order valence-corrected chi connectivity index (χ3v) is 9.28. The number of nitrogens with two attached hydrogens (primary N) is 1. The topological polar surface area (TPSA) is 158 Å². The molecule has 5 rings (SSSR count). The number of carbonyl (C=O) groups excluding carboxylic acids is 1. The molecule has 0 saturated carbocycles. The number of aromatic nitrogens is 4. The van der Waals surface area contributed by atoms with Gasteiger partial charge in [0.25, 0.3) is 0 Å². The number of carboxylic acids is 1. The molecule has 0 radical (unpaired) electrons. The number of piperidine rings is 1. The zero-order valence-corrected chi connectivity index (χ0v) is 27.3. The number of rotatable bonds is 12. The number of aryl methyl sites for hydroxylation is 2. The number of hydrogen-bond donors (Lipinski definition) is 3. The van der Waals surface area contributed by atoms with Gasteiger partial charge in [0.2, 0.25) is 17.9 Å². The Bertz CT molecular complexity index is 1610. The largest absolute Gasteiger partial charge is 0.480 e. The number of nitrogens with one attached hydrogen (secondary N) is 1. The van der Waals surface area contributed by atoms with Crippen LogP contribution in [0.1, 0.15) is 75.3 Å². The number of ether oxygens (including phenoxy) is 2. The lowest BCUT2D eigenvalue weighted by Gasteiger charge is -2.43. The van der Waals surface area contributed by atoms with Gasteiger partial charge in [-0.2, -0.15) is 28.2 Å². The van der Waals surface area contributed by atoms with Gasteiger partial charge in [-0.1, -0.05) is 19.1 Å². The van der Waals surface area contributed by atoms with Crippen LogP contribution < -0.4 is 20.7 Å². The van der Waals surface area contributed by atoms with Crippen LogP contribution in [0.25, 0.3) is 5.69 Å². The Balaban J connectivity index is 1.39. The molecule has 2 aliphatic heterocycles. The van der Waals surface area contributed by atoms with Crippen molar-refractivity contribution >= 4 is 23.7 Å². The van der Waals surface area contributed by atoms with E-state index in [4.69, 9.17) is 15.2 Å². The van der Waals surface area contributed by atoms with Gasteiger partial charge >= 0.3 is 18.1 Å². The Kier molecular flexibility index (Phi) is 10.5. The lowest BCUT2D eigenvalue weighted by Crippen LogP contribution is -2.46. The maximum Gasteiger partial charge on any atom is 0.429 e. The Labute approximate surface area is 276 Å². The van der Waals surface area contributed by atoms with Crippen LogP contribution in [0.5, 0.6) is 5.88 Å². The number of hydrogen-bond acceptors (Lipinski definition) is 10. The van der Waals surface area contributed by atoms with E-state index in [1.165, 1.54) is 16.8 Å². The fraction of sp³-hybridized carbons (Fsp3) is 0.545. The van der Waals surface area contributed by atoms with Crippen molar-refractivity contribution in [1.82, 2.24) is 25.1 Å². The third kappa shape index (κ3) is 7.83. The number of halogens is 3. The van der Waals surface area contributed by atoms with Crippen LogP contribution in [0.3, 0.4) is 0 Å². The van der Waals surface area contributed by atoms with E-state index in [1.807, 2.05) is 11.8 Å². The summed E-state index contributed by atoms with van der Waals surface area (Å²) >= 11 is 0. The van der Waals surface area contributed by atoms with Crippen LogP contribution in [0, 0.1) is 12.3 Å². The second-order valence-electron chi connectivity index (χ2n) is 12.5. The van der Waals surface area contributed by atoms with Crippen LogP contribution >= 0.6 is 0 Å². The molecule has 2 unspecified atom stereocenters. The van der Waals surface area contributed by atoms with E-state index >= 15 is 0 Å². The highest BCUT2D eigenvalue weighted by atomic mass is 19.4. The molecule has 260 valence electrons. The molecule has 0 amide bonds. The molecular formula is C33H42F3N7O5. The second-order valence-corrected chi connectivity index (χ2v) is 12.5. The van der Waals surface area contributed by atoms with Crippen LogP contribution in [-0.2, 0) is 20.7 Å². The van der Waals surface area contributed by atoms with Gasteiger partial charge in [0.15, 0.2) is 0 Å². The summed E-state index contributed by atoms with van der Waals surface area (Å²) in [5, 5.41) is 17.2. The average Bonchev–Trinajstić information content (AvgIpc) is 3.63. The highest BCUT2D eigenvalue weighted by Crippen LogP contribution is 2.46. The van der Waals surface area contributed by atoms with Crippen molar-refractivity contribution in [3.05, 3.63) is 53.3 Å². The molecule has 0 bridgehead atoms. The van der Waals surface area contributed by atoms with E-state index < -0.39 is 24.3 Å². The van der Waals surface area contributed by atoms with Crippen molar-refractivity contribution in [1.29, 1.82) is 0 Å². The molecular weight excluding hydrogens is 631 g/mol. The third-order valence-electron chi connectivity index (χ3n) is 9.28. The van der Waals surface area contributed by atoms with Crippen LogP contribution in [0.4, 0.5) is 24.9 Å². The average molecular weight is 674 g/mol. The first kappa shape index (κ1) is 34.9. The summed E-state index contributed by atoms with van der Waals surface area (Å²) in [7, 11) is 0. The Morgan fingerprint density at radius 3 is 2.54 bits per heavy atom. The van der Waals surface area contributed by atoms with E-state index in [0.29, 0.717) is 56.7 Å². The summed E-state index contributed by atoms with van der Waals surface area (Å²) in [6.07, 6.45) is -1.90. The number of anilines is 2. The number of carboxylic acid groups (broad SMARTS) is 1. The first-order valence-corrected chi connectivity index (χ1v) is 16.2. The maximum atomic E-state index is 14.8. The van der Waals surface area contributed by atoms with Crippen LogP contribution in [-0.4, -0.2) is 74.7 Å². The molecule has 2 saturated heterocycles. The minimum absolute atomic E-state index is 0.0550. The first-order valence-electron chi connectivity index (χ1n) is 16.2.